The maximum absolute atomic E-state index is 6.36. The zero-order chi connectivity index (χ0) is 32.5. The summed E-state index contributed by atoms with van der Waals surface area (Å²) in [6, 6.07) is 51.5. The molecule has 0 bridgehead atoms. The van der Waals surface area contributed by atoms with E-state index in [-0.39, 0.29) is 0 Å². The Morgan fingerprint density at radius 1 is 0.480 bits per heavy atom. The van der Waals surface area contributed by atoms with Crippen molar-refractivity contribution in [3.63, 3.8) is 0 Å². The molecule has 1 aliphatic heterocycles. The predicted octanol–water partition coefficient (Wildman–Crippen LogP) is 12.0. The second kappa shape index (κ2) is 9.56. The Morgan fingerprint density at radius 3 is 2.14 bits per heavy atom. The molecule has 0 aliphatic carbocycles. The third-order valence-electron chi connectivity index (χ3n) is 10.3. The molecule has 11 aromatic rings. The minimum Gasteiger partial charge on any atom is -0.456 e. The fourth-order valence-corrected chi connectivity index (χ4v) is 9.53. The fourth-order valence-electron chi connectivity index (χ4n) is 8.27. The molecule has 0 saturated carbocycles. The van der Waals surface area contributed by atoms with Crippen molar-refractivity contribution in [3.05, 3.63) is 146 Å². The number of rotatable bonds is 2. The van der Waals surface area contributed by atoms with Gasteiger partial charge in [0.2, 0.25) is 5.95 Å². The molecule has 0 unspecified atom stereocenters. The monoisotopic (exact) mass is 656 g/mol. The molecule has 0 saturated heterocycles. The van der Waals surface area contributed by atoms with E-state index in [0.29, 0.717) is 5.95 Å². The van der Waals surface area contributed by atoms with Crippen LogP contribution in [0.2, 0.25) is 0 Å². The summed E-state index contributed by atoms with van der Waals surface area (Å²) >= 11 is 1.86. The number of fused-ring (bicyclic) bond motifs is 13. The largest absolute Gasteiger partial charge is 0.456 e. The number of para-hydroxylation sites is 3. The van der Waals surface area contributed by atoms with E-state index >= 15 is 0 Å². The molecular formula is C44H24N4OS. The number of thiophene rings is 1. The van der Waals surface area contributed by atoms with Crippen molar-refractivity contribution in [2.24, 2.45) is 0 Å². The van der Waals surface area contributed by atoms with Crippen LogP contribution in [0.15, 0.2) is 146 Å². The summed E-state index contributed by atoms with van der Waals surface area (Å²) in [5, 5.41) is 8.29. The van der Waals surface area contributed by atoms with Crippen LogP contribution < -0.4 is 4.74 Å². The maximum atomic E-state index is 6.36. The molecule has 7 aromatic carbocycles. The van der Waals surface area contributed by atoms with Gasteiger partial charge in [0.05, 0.1) is 38.7 Å². The van der Waals surface area contributed by atoms with Gasteiger partial charge in [-0.25, -0.2) is 9.97 Å². The van der Waals surface area contributed by atoms with Gasteiger partial charge in [-0.1, -0.05) is 84.9 Å². The van der Waals surface area contributed by atoms with E-state index in [4.69, 9.17) is 14.7 Å². The Balaban J connectivity index is 1.32. The zero-order valence-corrected chi connectivity index (χ0v) is 27.3. The second-order valence-electron chi connectivity index (χ2n) is 12.9. The van der Waals surface area contributed by atoms with Crippen LogP contribution in [-0.4, -0.2) is 19.1 Å². The van der Waals surface area contributed by atoms with E-state index in [1.807, 2.05) is 41.7 Å². The van der Waals surface area contributed by atoms with E-state index < -0.39 is 0 Å². The number of hydrogen-bond donors (Lipinski definition) is 0. The van der Waals surface area contributed by atoms with Gasteiger partial charge in [-0.15, -0.1) is 11.3 Å². The quantitative estimate of drug-likeness (QED) is 0.186. The highest BCUT2D eigenvalue weighted by Crippen LogP contribution is 2.48. The maximum Gasteiger partial charge on any atom is 0.235 e. The minimum atomic E-state index is 0.644. The molecule has 5 nitrogen and oxygen atoms in total. The molecule has 0 amide bonds. The summed E-state index contributed by atoms with van der Waals surface area (Å²) in [4.78, 5) is 10.8. The Labute approximate surface area is 288 Å². The summed E-state index contributed by atoms with van der Waals surface area (Å²) in [6.07, 6.45) is 0. The zero-order valence-electron chi connectivity index (χ0n) is 26.5. The van der Waals surface area contributed by atoms with Crippen molar-refractivity contribution in [1.82, 2.24) is 19.1 Å². The molecule has 6 heteroatoms. The molecule has 0 radical (unpaired) electrons. The lowest BCUT2D eigenvalue weighted by atomic mass is 10.0. The van der Waals surface area contributed by atoms with Crippen molar-refractivity contribution in [2.75, 3.05) is 0 Å². The van der Waals surface area contributed by atoms with Crippen molar-refractivity contribution < 1.29 is 4.74 Å². The summed E-state index contributed by atoms with van der Waals surface area (Å²) < 4.78 is 13.6. The second-order valence-corrected chi connectivity index (χ2v) is 14.0. The number of hydrogen-bond acceptors (Lipinski definition) is 4. The summed E-state index contributed by atoms with van der Waals surface area (Å²) in [7, 11) is 0. The lowest BCUT2D eigenvalue weighted by Crippen LogP contribution is -2.06. The van der Waals surface area contributed by atoms with Gasteiger partial charge in [-0.3, -0.25) is 4.57 Å². The average Bonchev–Trinajstić information content (AvgIpc) is 3.83. The van der Waals surface area contributed by atoms with Gasteiger partial charge >= 0.3 is 0 Å². The third-order valence-corrected chi connectivity index (χ3v) is 11.5. The topological polar surface area (TPSA) is 44.9 Å². The van der Waals surface area contributed by atoms with Crippen molar-refractivity contribution >= 4 is 86.0 Å². The van der Waals surface area contributed by atoms with Crippen LogP contribution in [0.1, 0.15) is 0 Å². The number of aromatic nitrogens is 4. The molecule has 5 heterocycles. The predicted molar refractivity (Wildman–Crippen MR) is 207 cm³/mol. The van der Waals surface area contributed by atoms with Crippen LogP contribution in [0.4, 0.5) is 0 Å². The van der Waals surface area contributed by atoms with Gasteiger partial charge in [-0.05, 0) is 60.7 Å². The first-order valence-corrected chi connectivity index (χ1v) is 17.6. The molecule has 50 heavy (non-hydrogen) atoms. The first kappa shape index (κ1) is 26.5. The highest BCUT2D eigenvalue weighted by atomic mass is 32.1. The van der Waals surface area contributed by atoms with E-state index in [1.54, 1.807) is 0 Å². The Kier molecular flexibility index (Phi) is 5.06. The van der Waals surface area contributed by atoms with Gasteiger partial charge < -0.3 is 9.30 Å². The Morgan fingerprint density at radius 2 is 1.22 bits per heavy atom. The van der Waals surface area contributed by atoms with Crippen molar-refractivity contribution in [2.45, 2.75) is 0 Å². The molecule has 12 rings (SSSR count). The fraction of sp³-hybridized carbons (Fsp3) is 0. The molecule has 0 N–H and O–H groups in total. The van der Waals surface area contributed by atoms with Gasteiger partial charge in [0.15, 0.2) is 0 Å². The van der Waals surface area contributed by atoms with E-state index in [9.17, 15) is 0 Å². The van der Waals surface area contributed by atoms with Crippen LogP contribution in [0, 0.1) is 0 Å². The van der Waals surface area contributed by atoms with E-state index in [2.05, 4.69) is 124 Å². The normalized spacial score (nSPS) is 12.6. The van der Waals surface area contributed by atoms with Crippen molar-refractivity contribution in [3.8, 4) is 34.4 Å². The molecule has 0 fully saturated rings. The summed E-state index contributed by atoms with van der Waals surface area (Å²) in [5.41, 5.74) is 8.34. The molecule has 0 atom stereocenters. The molecule has 1 aliphatic rings. The van der Waals surface area contributed by atoms with Crippen LogP contribution in [0.25, 0.3) is 97.6 Å². The molecule has 4 aromatic heterocycles. The smallest absolute Gasteiger partial charge is 0.235 e. The number of nitrogens with zero attached hydrogens (tertiary/aromatic N) is 4. The van der Waals surface area contributed by atoms with Crippen LogP contribution >= 0.6 is 11.3 Å². The van der Waals surface area contributed by atoms with Gasteiger partial charge in [0.25, 0.3) is 0 Å². The molecule has 232 valence electrons. The first-order chi connectivity index (χ1) is 24.8. The molecular weight excluding hydrogens is 633 g/mol. The number of ether oxygens (including phenoxy) is 1. The van der Waals surface area contributed by atoms with E-state index in [1.165, 1.54) is 41.7 Å². The van der Waals surface area contributed by atoms with Crippen LogP contribution in [0.3, 0.4) is 0 Å². The molecule has 0 spiro atoms. The van der Waals surface area contributed by atoms with Gasteiger partial charge in [0, 0.05) is 53.0 Å². The average molecular weight is 657 g/mol. The summed E-state index contributed by atoms with van der Waals surface area (Å²) in [6.45, 7) is 0. The van der Waals surface area contributed by atoms with Crippen LogP contribution in [-0.2, 0) is 0 Å². The number of benzene rings is 7. The highest BCUT2D eigenvalue weighted by molar-refractivity contribution is 7.26. The standard InChI is InChI=1S/C44H24N4OS/c1-2-11-25(12-3-1)47-32-17-7-4-14-28(32)38-33(47)24-22-30-39-34(23-21-27-26-13-6-9-20-37(26)50-43(27)39)48(42(30)38)44-45-31-16-10-19-36-40(31)41(46-44)29-15-5-8-18-35(29)49-36/h1-24H. The van der Waals surface area contributed by atoms with Gasteiger partial charge in [0.1, 0.15) is 11.5 Å². The lowest BCUT2D eigenvalue weighted by Gasteiger charge is -2.21. The minimum absolute atomic E-state index is 0.644. The van der Waals surface area contributed by atoms with Crippen LogP contribution in [0.5, 0.6) is 11.5 Å². The third kappa shape index (κ3) is 3.35. The van der Waals surface area contributed by atoms with E-state index in [0.717, 1.165) is 61.4 Å². The Bertz CT molecular complexity index is 3240. The SMILES string of the molecule is c1ccc(-n2c3ccccc3c3c2ccc2c4c5sc6ccccc6c5ccc4n(-c4nc5c6c(cccc6n4)Oc4ccccc4-5)c23)cc1. The Hall–Kier alpha value is -6.50. The van der Waals surface area contributed by atoms with Gasteiger partial charge in [-0.2, -0.15) is 0 Å². The highest BCUT2D eigenvalue weighted by Gasteiger charge is 2.27. The van der Waals surface area contributed by atoms with Crippen molar-refractivity contribution in [1.29, 1.82) is 0 Å². The lowest BCUT2D eigenvalue weighted by molar-refractivity contribution is 0.486. The first-order valence-electron chi connectivity index (χ1n) is 16.8. The summed E-state index contributed by atoms with van der Waals surface area (Å²) in [5.74, 6) is 2.23.